The zero-order valence-electron chi connectivity index (χ0n) is 21.2. The lowest BCUT2D eigenvalue weighted by Crippen LogP contribution is -2.34. The van der Waals surface area contributed by atoms with Crippen LogP contribution in [0.15, 0.2) is 36.7 Å². The number of carbonyl (C=O) groups excluding carboxylic acids is 1. The molecule has 0 radical (unpaired) electrons. The van der Waals surface area contributed by atoms with Crippen LogP contribution in [0.4, 0.5) is 5.82 Å². The molecule has 1 aliphatic carbocycles. The molecule has 3 aromatic heterocycles. The number of pyridine rings is 2. The molecule has 2 fully saturated rings. The van der Waals surface area contributed by atoms with Gasteiger partial charge in [-0.25, -0.2) is 15.0 Å². The summed E-state index contributed by atoms with van der Waals surface area (Å²) in [5.41, 5.74) is 10.0. The number of nitrogen functional groups attached to an aromatic ring is 1. The van der Waals surface area contributed by atoms with E-state index in [-0.39, 0.29) is 23.3 Å². The topological polar surface area (TPSA) is 116 Å². The molecule has 1 saturated carbocycles. The van der Waals surface area contributed by atoms with E-state index in [0.717, 1.165) is 54.6 Å². The van der Waals surface area contributed by atoms with E-state index in [4.69, 9.17) is 15.2 Å². The number of hydrogen-bond donors (Lipinski definition) is 1. The Morgan fingerprint density at radius 3 is 2.50 bits per heavy atom. The highest BCUT2D eigenvalue weighted by atomic mass is 16.5. The highest BCUT2D eigenvalue weighted by Gasteiger charge is 2.61. The molecule has 0 bridgehead atoms. The number of aromatic nitrogens is 4. The van der Waals surface area contributed by atoms with E-state index in [1.54, 1.807) is 32.7 Å². The highest BCUT2D eigenvalue weighted by molar-refractivity contribution is 5.84. The summed E-state index contributed by atoms with van der Waals surface area (Å²) in [6.07, 6.45) is 7.28. The molecule has 36 heavy (non-hydrogen) atoms. The number of fused-ring (bicyclic) bond motifs is 1. The fraction of sp³-hybridized carbons (Fsp3) is 0.444. The van der Waals surface area contributed by atoms with Crippen molar-refractivity contribution >= 4 is 11.7 Å². The average Bonchev–Trinajstić information content (AvgIpc) is 3.50. The van der Waals surface area contributed by atoms with Gasteiger partial charge in [-0.05, 0) is 68.2 Å². The second-order valence-electron chi connectivity index (χ2n) is 9.81. The number of rotatable bonds is 8. The molecule has 9 nitrogen and oxygen atoms in total. The van der Waals surface area contributed by atoms with Crippen LogP contribution in [0.1, 0.15) is 48.9 Å². The van der Waals surface area contributed by atoms with Crippen molar-refractivity contribution < 1.29 is 14.3 Å². The Morgan fingerprint density at radius 1 is 1.17 bits per heavy atom. The summed E-state index contributed by atoms with van der Waals surface area (Å²) >= 11 is 0. The number of anilines is 1. The minimum absolute atomic E-state index is 0.134. The molecule has 0 aromatic carbocycles. The van der Waals surface area contributed by atoms with Gasteiger partial charge in [-0.3, -0.25) is 4.79 Å². The summed E-state index contributed by atoms with van der Waals surface area (Å²) < 4.78 is 10.6. The van der Waals surface area contributed by atoms with Crippen LogP contribution in [0.5, 0.6) is 11.8 Å². The second-order valence-corrected chi connectivity index (χ2v) is 9.81. The van der Waals surface area contributed by atoms with Crippen molar-refractivity contribution in [1.82, 2.24) is 24.8 Å². The van der Waals surface area contributed by atoms with Gasteiger partial charge in [-0.15, -0.1) is 0 Å². The molecule has 3 aromatic rings. The molecular formula is C27H32N6O3. The van der Waals surface area contributed by atoms with Gasteiger partial charge < -0.3 is 20.1 Å². The molecule has 3 atom stereocenters. The third-order valence-electron chi connectivity index (χ3n) is 7.77. The zero-order chi connectivity index (χ0) is 25.4. The maximum atomic E-state index is 13.5. The van der Waals surface area contributed by atoms with Crippen LogP contribution >= 0.6 is 0 Å². The third-order valence-corrected chi connectivity index (χ3v) is 7.77. The third kappa shape index (κ3) is 4.34. The van der Waals surface area contributed by atoms with Gasteiger partial charge in [-0.1, -0.05) is 0 Å². The van der Waals surface area contributed by atoms with Crippen molar-refractivity contribution in [2.24, 2.45) is 5.41 Å². The minimum atomic E-state index is -0.308. The van der Waals surface area contributed by atoms with Gasteiger partial charge in [0.15, 0.2) is 5.82 Å². The Labute approximate surface area is 211 Å². The lowest BCUT2D eigenvalue weighted by atomic mass is 9.94. The van der Waals surface area contributed by atoms with Gasteiger partial charge in [0, 0.05) is 42.7 Å². The Bertz CT molecular complexity index is 1260. The first-order valence-electron chi connectivity index (χ1n) is 12.3. The Hall–Kier alpha value is -3.75. The standard InChI is InChI=1S/C27H32N6O3/c1-16(19-13-22(35-3)32-23(14-19)36-4)26(34)33-11-8-27(15-21(27)33)7-6-18-12-20(17(2)31-24(18)28)25-29-9-5-10-30-25/h5,9-10,12-14,16,21H,6-8,11,15H2,1-4H3,(H2,28,31)/t16-,21?,27-/m1/s1. The molecular weight excluding hydrogens is 456 g/mol. The van der Waals surface area contributed by atoms with E-state index < -0.39 is 0 Å². The number of nitrogens with zero attached hydrogens (tertiary/aromatic N) is 5. The van der Waals surface area contributed by atoms with E-state index in [0.29, 0.717) is 23.4 Å². The predicted octanol–water partition coefficient (Wildman–Crippen LogP) is 3.57. The average molecular weight is 489 g/mol. The summed E-state index contributed by atoms with van der Waals surface area (Å²) in [4.78, 5) is 33.1. The van der Waals surface area contributed by atoms with Crippen molar-refractivity contribution in [2.45, 2.75) is 51.5 Å². The largest absolute Gasteiger partial charge is 0.481 e. The summed E-state index contributed by atoms with van der Waals surface area (Å²) in [6.45, 7) is 4.64. The van der Waals surface area contributed by atoms with Crippen LogP contribution in [0.2, 0.25) is 0 Å². The van der Waals surface area contributed by atoms with Crippen LogP contribution in [0, 0.1) is 12.3 Å². The lowest BCUT2D eigenvalue weighted by molar-refractivity contribution is -0.132. The quantitative estimate of drug-likeness (QED) is 0.512. The van der Waals surface area contributed by atoms with Crippen molar-refractivity contribution in [1.29, 1.82) is 0 Å². The summed E-state index contributed by atoms with van der Waals surface area (Å²) in [7, 11) is 3.12. The van der Waals surface area contributed by atoms with Crippen LogP contribution in [0.3, 0.4) is 0 Å². The SMILES string of the molecule is COc1cc([C@@H](C)C(=O)N2CC[C@]3(CCc4cc(-c5ncccn5)c(C)nc4N)CC23)cc(OC)n1. The number of ether oxygens (including phenoxy) is 2. The monoisotopic (exact) mass is 488 g/mol. The number of carbonyl (C=O) groups is 1. The van der Waals surface area contributed by atoms with Crippen molar-refractivity contribution in [3.63, 3.8) is 0 Å². The van der Waals surface area contributed by atoms with E-state index in [9.17, 15) is 4.79 Å². The first kappa shape index (κ1) is 24.0. The number of likely N-dealkylation sites (tertiary alicyclic amines) is 1. The molecule has 9 heteroatoms. The Morgan fingerprint density at radius 2 is 1.86 bits per heavy atom. The highest BCUT2D eigenvalue weighted by Crippen LogP contribution is 2.60. The molecule has 5 rings (SSSR count). The summed E-state index contributed by atoms with van der Waals surface area (Å²) in [5.74, 6) is 1.92. The lowest BCUT2D eigenvalue weighted by Gasteiger charge is -2.23. The molecule has 2 aliphatic rings. The molecule has 2 N–H and O–H groups in total. The molecule has 1 aliphatic heterocycles. The number of hydrogen-bond acceptors (Lipinski definition) is 8. The summed E-state index contributed by atoms with van der Waals surface area (Å²) in [5, 5.41) is 0. The smallest absolute Gasteiger partial charge is 0.230 e. The summed E-state index contributed by atoms with van der Waals surface area (Å²) in [6, 6.07) is 7.76. The van der Waals surface area contributed by atoms with Gasteiger partial charge in [0.25, 0.3) is 0 Å². The molecule has 4 heterocycles. The zero-order valence-corrected chi connectivity index (χ0v) is 21.2. The predicted molar refractivity (Wildman–Crippen MR) is 136 cm³/mol. The molecule has 0 spiro atoms. The van der Waals surface area contributed by atoms with Gasteiger partial charge >= 0.3 is 0 Å². The van der Waals surface area contributed by atoms with Gasteiger partial charge in [0.2, 0.25) is 17.7 Å². The van der Waals surface area contributed by atoms with Crippen molar-refractivity contribution in [3.05, 3.63) is 53.5 Å². The Kier molecular flexibility index (Phi) is 6.24. The fourth-order valence-corrected chi connectivity index (χ4v) is 5.46. The molecule has 1 amide bonds. The van der Waals surface area contributed by atoms with Gasteiger partial charge in [-0.2, -0.15) is 4.98 Å². The van der Waals surface area contributed by atoms with Gasteiger partial charge in [0.05, 0.1) is 25.8 Å². The van der Waals surface area contributed by atoms with E-state index >= 15 is 0 Å². The van der Waals surface area contributed by atoms with Crippen LogP contribution in [0.25, 0.3) is 11.4 Å². The normalized spacial score (nSPS) is 21.1. The second kappa shape index (κ2) is 9.37. The molecule has 1 unspecified atom stereocenters. The van der Waals surface area contributed by atoms with Crippen LogP contribution < -0.4 is 15.2 Å². The number of amides is 1. The first-order valence-corrected chi connectivity index (χ1v) is 12.3. The van der Waals surface area contributed by atoms with E-state index in [2.05, 4.69) is 30.9 Å². The van der Waals surface area contributed by atoms with Gasteiger partial charge in [0.1, 0.15) is 5.82 Å². The molecule has 188 valence electrons. The van der Waals surface area contributed by atoms with Crippen molar-refractivity contribution in [2.75, 3.05) is 26.5 Å². The number of piperidine rings is 1. The first-order chi connectivity index (χ1) is 17.3. The number of nitrogens with two attached hydrogens (primary N) is 1. The minimum Gasteiger partial charge on any atom is -0.481 e. The van der Waals surface area contributed by atoms with Crippen LogP contribution in [-0.4, -0.2) is 57.5 Å². The number of methoxy groups -OCH3 is 2. The fourth-order valence-electron chi connectivity index (χ4n) is 5.46. The van der Waals surface area contributed by atoms with E-state index in [1.165, 1.54) is 0 Å². The van der Waals surface area contributed by atoms with E-state index in [1.807, 2.05) is 26.0 Å². The maximum Gasteiger partial charge on any atom is 0.230 e. The van der Waals surface area contributed by atoms with Crippen molar-refractivity contribution in [3.8, 4) is 23.1 Å². The Balaban J connectivity index is 1.27. The van der Waals surface area contributed by atoms with Crippen LogP contribution in [-0.2, 0) is 11.2 Å². The maximum absolute atomic E-state index is 13.5. The number of aryl methyl sites for hydroxylation is 2. The molecule has 1 saturated heterocycles.